The standard InChI is InChI=1S/C39H24N2O/c1-2-14-35-31(12-1)33-22-27(16-18-36(33)41(35)30-11-3-9-26(21-30)29-10-6-20-40-24-29)28-17-19-37-34(23-28)32-13-4-7-25-8-5-15-38(42-37)39(25)32/h1-24H. The van der Waals surface area contributed by atoms with Gasteiger partial charge in [-0.25, -0.2) is 0 Å². The molecule has 1 aliphatic rings. The van der Waals surface area contributed by atoms with Crippen molar-refractivity contribution < 1.29 is 4.74 Å². The van der Waals surface area contributed by atoms with Crippen LogP contribution in [0.2, 0.25) is 0 Å². The van der Waals surface area contributed by atoms with Crippen LogP contribution in [0.25, 0.3) is 71.6 Å². The third-order valence-corrected chi connectivity index (χ3v) is 8.46. The van der Waals surface area contributed by atoms with E-state index < -0.39 is 0 Å². The lowest BCUT2D eigenvalue weighted by atomic mass is 9.92. The van der Waals surface area contributed by atoms with Gasteiger partial charge in [0.05, 0.1) is 11.0 Å². The van der Waals surface area contributed by atoms with E-state index >= 15 is 0 Å². The lowest BCUT2D eigenvalue weighted by Crippen LogP contribution is -1.97. The number of ether oxygens (including phenoxy) is 1. The summed E-state index contributed by atoms with van der Waals surface area (Å²) in [5.41, 5.74) is 10.5. The molecule has 2 aromatic heterocycles. The van der Waals surface area contributed by atoms with Crippen LogP contribution in [0.1, 0.15) is 0 Å². The molecule has 196 valence electrons. The molecule has 0 saturated carbocycles. The highest BCUT2D eigenvalue weighted by Crippen LogP contribution is 2.47. The Bertz CT molecular complexity index is 2330. The van der Waals surface area contributed by atoms with E-state index in [-0.39, 0.29) is 0 Å². The molecule has 8 aromatic rings. The Morgan fingerprint density at radius 3 is 2.21 bits per heavy atom. The van der Waals surface area contributed by atoms with Crippen LogP contribution >= 0.6 is 0 Å². The first-order valence-electron chi connectivity index (χ1n) is 14.2. The Labute approximate surface area is 242 Å². The highest BCUT2D eigenvalue weighted by molar-refractivity contribution is 6.11. The molecule has 0 aliphatic carbocycles. The number of pyridine rings is 1. The summed E-state index contributed by atoms with van der Waals surface area (Å²) in [6.45, 7) is 0. The van der Waals surface area contributed by atoms with E-state index in [1.165, 1.54) is 49.3 Å². The number of para-hydroxylation sites is 1. The summed E-state index contributed by atoms with van der Waals surface area (Å²) in [6.07, 6.45) is 3.73. The number of fused-ring (bicyclic) bond motifs is 5. The fraction of sp³-hybridized carbons (Fsp3) is 0. The van der Waals surface area contributed by atoms with Gasteiger partial charge in [-0.05, 0) is 82.2 Å². The quantitative estimate of drug-likeness (QED) is 0.225. The molecule has 0 saturated heterocycles. The van der Waals surface area contributed by atoms with E-state index in [9.17, 15) is 0 Å². The monoisotopic (exact) mass is 536 g/mol. The van der Waals surface area contributed by atoms with Gasteiger partial charge in [0, 0.05) is 45.4 Å². The van der Waals surface area contributed by atoms with Gasteiger partial charge in [0.25, 0.3) is 0 Å². The maximum absolute atomic E-state index is 6.35. The molecule has 0 spiro atoms. The predicted molar refractivity (Wildman–Crippen MR) is 172 cm³/mol. The minimum Gasteiger partial charge on any atom is -0.456 e. The second-order valence-electron chi connectivity index (χ2n) is 10.8. The van der Waals surface area contributed by atoms with Crippen molar-refractivity contribution in [3.63, 3.8) is 0 Å². The van der Waals surface area contributed by atoms with Gasteiger partial charge in [0.2, 0.25) is 0 Å². The van der Waals surface area contributed by atoms with E-state index in [2.05, 4.69) is 137 Å². The average Bonchev–Trinajstić information content (AvgIpc) is 3.39. The molecule has 3 nitrogen and oxygen atoms in total. The summed E-state index contributed by atoms with van der Waals surface area (Å²) in [4.78, 5) is 4.33. The minimum atomic E-state index is 0.899. The molecule has 0 fully saturated rings. The molecule has 0 atom stereocenters. The van der Waals surface area contributed by atoms with Crippen LogP contribution in [-0.2, 0) is 0 Å². The van der Waals surface area contributed by atoms with Crippen molar-refractivity contribution >= 4 is 32.6 Å². The van der Waals surface area contributed by atoms with Crippen molar-refractivity contribution in [1.82, 2.24) is 9.55 Å². The van der Waals surface area contributed by atoms with Gasteiger partial charge in [-0.2, -0.15) is 0 Å². The molecule has 3 heteroatoms. The molecule has 0 N–H and O–H groups in total. The van der Waals surface area contributed by atoms with Crippen LogP contribution < -0.4 is 4.74 Å². The predicted octanol–water partition coefficient (Wildman–Crippen LogP) is 10.4. The fourth-order valence-corrected chi connectivity index (χ4v) is 6.53. The molecular weight excluding hydrogens is 512 g/mol. The van der Waals surface area contributed by atoms with E-state index in [0.717, 1.165) is 33.9 Å². The Hall–Kier alpha value is -5.67. The van der Waals surface area contributed by atoms with Gasteiger partial charge >= 0.3 is 0 Å². The molecule has 0 unspecified atom stereocenters. The van der Waals surface area contributed by atoms with Crippen LogP contribution in [0.3, 0.4) is 0 Å². The summed E-state index contributed by atoms with van der Waals surface area (Å²) >= 11 is 0. The van der Waals surface area contributed by atoms with Crippen molar-refractivity contribution in [2.24, 2.45) is 0 Å². The lowest BCUT2D eigenvalue weighted by Gasteiger charge is -2.22. The number of hydrogen-bond donors (Lipinski definition) is 0. The van der Waals surface area contributed by atoms with Gasteiger partial charge in [-0.1, -0.05) is 78.9 Å². The number of benzene rings is 6. The largest absolute Gasteiger partial charge is 0.456 e. The third kappa shape index (κ3) is 3.44. The number of nitrogens with zero attached hydrogens (tertiary/aromatic N) is 2. The lowest BCUT2D eigenvalue weighted by molar-refractivity contribution is 0.487. The number of rotatable bonds is 3. The molecule has 0 bridgehead atoms. The smallest absolute Gasteiger partial charge is 0.135 e. The zero-order valence-corrected chi connectivity index (χ0v) is 22.7. The van der Waals surface area contributed by atoms with Crippen LogP contribution in [0.15, 0.2) is 146 Å². The molecular formula is C39H24N2O. The van der Waals surface area contributed by atoms with Gasteiger partial charge in [-0.3, -0.25) is 4.98 Å². The molecule has 42 heavy (non-hydrogen) atoms. The van der Waals surface area contributed by atoms with Gasteiger partial charge < -0.3 is 9.30 Å². The van der Waals surface area contributed by atoms with Gasteiger partial charge in [0.1, 0.15) is 11.5 Å². The summed E-state index contributed by atoms with van der Waals surface area (Å²) in [5, 5.41) is 4.84. The Morgan fingerprint density at radius 1 is 0.500 bits per heavy atom. The zero-order chi connectivity index (χ0) is 27.6. The zero-order valence-electron chi connectivity index (χ0n) is 22.7. The van der Waals surface area contributed by atoms with Gasteiger partial charge in [-0.15, -0.1) is 0 Å². The summed E-state index contributed by atoms with van der Waals surface area (Å²) < 4.78 is 8.72. The highest BCUT2D eigenvalue weighted by atomic mass is 16.5. The Kier molecular flexibility index (Phi) is 4.90. The van der Waals surface area contributed by atoms with E-state index in [4.69, 9.17) is 4.74 Å². The molecule has 3 heterocycles. The molecule has 0 amide bonds. The van der Waals surface area contributed by atoms with E-state index in [0.29, 0.717) is 0 Å². The van der Waals surface area contributed by atoms with Crippen molar-refractivity contribution in [1.29, 1.82) is 0 Å². The summed E-state index contributed by atoms with van der Waals surface area (Å²) in [6, 6.07) is 47.6. The fourth-order valence-electron chi connectivity index (χ4n) is 6.53. The SMILES string of the molecule is c1cncc(-c2cccc(-n3c4ccccc4c4cc(-c5ccc6c(c5)-c5cccc7cccc(c57)O6)ccc43)c2)c1. The summed E-state index contributed by atoms with van der Waals surface area (Å²) in [5.74, 6) is 1.82. The number of hydrogen-bond acceptors (Lipinski definition) is 2. The first kappa shape index (κ1) is 23.1. The summed E-state index contributed by atoms with van der Waals surface area (Å²) in [7, 11) is 0. The second-order valence-corrected chi connectivity index (χ2v) is 10.8. The Balaban J connectivity index is 1.21. The van der Waals surface area contributed by atoms with Crippen LogP contribution in [0.4, 0.5) is 0 Å². The van der Waals surface area contributed by atoms with Crippen LogP contribution in [0.5, 0.6) is 11.5 Å². The van der Waals surface area contributed by atoms with E-state index in [1.807, 2.05) is 18.5 Å². The van der Waals surface area contributed by atoms with Crippen molar-refractivity contribution in [3.05, 3.63) is 146 Å². The van der Waals surface area contributed by atoms with Gasteiger partial charge in [0.15, 0.2) is 0 Å². The third-order valence-electron chi connectivity index (χ3n) is 8.46. The highest BCUT2D eigenvalue weighted by Gasteiger charge is 2.21. The van der Waals surface area contributed by atoms with E-state index in [1.54, 1.807) is 0 Å². The van der Waals surface area contributed by atoms with Crippen LogP contribution in [-0.4, -0.2) is 9.55 Å². The molecule has 9 rings (SSSR count). The second kappa shape index (κ2) is 8.92. The maximum atomic E-state index is 6.35. The molecule has 0 radical (unpaired) electrons. The van der Waals surface area contributed by atoms with Crippen LogP contribution in [0, 0.1) is 0 Å². The number of aromatic nitrogens is 2. The van der Waals surface area contributed by atoms with Crippen molar-refractivity contribution in [3.8, 4) is 50.6 Å². The molecule has 6 aromatic carbocycles. The normalized spacial score (nSPS) is 12.0. The maximum Gasteiger partial charge on any atom is 0.135 e. The average molecular weight is 537 g/mol. The molecule has 1 aliphatic heterocycles. The Morgan fingerprint density at radius 2 is 1.29 bits per heavy atom. The van der Waals surface area contributed by atoms with Crippen molar-refractivity contribution in [2.75, 3.05) is 0 Å². The minimum absolute atomic E-state index is 0.899. The van der Waals surface area contributed by atoms with Crippen molar-refractivity contribution in [2.45, 2.75) is 0 Å². The first-order chi connectivity index (χ1) is 20.8. The topological polar surface area (TPSA) is 27.1 Å². The first-order valence-corrected chi connectivity index (χ1v) is 14.2.